The molecule has 2 aromatic heterocycles. The van der Waals surface area contributed by atoms with Crippen LogP contribution in [0.15, 0.2) is 58.5 Å². The number of aliphatic hydroxyl groups is 1. The summed E-state index contributed by atoms with van der Waals surface area (Å²) < 4.78 is 15.8. The molecule has 6 nitrogen and oxygen atoms in total. The van der Waals surface area contributed by atoms with E-state index in [1.807, 2.05) is 11.4 Å². The number of carbonyl (C=O) groups is 1. The Labute approximate surface area is 155 Å². The first kappa shape index (κ1) is 18.0. The normalized spacial score (nSPS) is 13.0. The number of rotatable bonds is 7. The molecule has 2 N–H and O–H groups in total. The minimum Gasteiger partial charge on any atom is -0.497 e. The molecule has 3 rings (SSSR count). The zero-order chi connectivity index (χ0) is 18.6. The van der Waals surface area contributed by atoms with Crippen LogP contribution in [-0.4, -0.2) is 31.8 Å². The summed E-state index contributed by atoms with van der Waals surface area (Å²) in [5, 5.41) is 15.8. The molecule has 3 aromatic rings. The number of nitrogens with one attached hydrogen (secondary N) is 1. The lowest BCUT2D eigenvalue weighted by Crippen LogP contribution is -2.41. The third-order valence-electron chi connectivity index (χ3n) is 3.98. The Morgan fingerprint density at radius 2 is 1.92 bits per heavy atom. The molecule has 1 aromatic carbocycles. The second-order valence-corrected chi connectivity index (χ2v) is 6.55. The lowest BCUT2D eigenvalue weighted by atomic mass is 9.98. The number of methoxy groups -OCH3 is 2. The number of benzene rings is 1. The number of hydrogen-bond donors (Lipinski definition) is 2. The van der Waals surface area contributed by atoms with Gasteiger partial charge in [-0.15, -0.1) is 11.3 Å². The Morgan fingerprint density at radius 1 is 1.19 bits per heavy atom. The summed E-state index contributed by atoms with van der Waals surface area (Å²) in [6.45, 7) is -0.0423. The van der Waals surface area contributed by atoms with Crippen molar-refractivity contribution < 1.29 is 23.8 Å². The van der Waals surface area contributed by atoms with E-state index >= 15 is 0 Å². The molecule has 0 spiro atoms. The summed E-state index contributed by atoms with van der Waals surface area (Å²) >= 11 is 1.39. The van der Waals surface area contributed by atoms with E-state index in [2.05, 4.69) is 5.32 Å². The van der Waals surface area contributed by atoms with Crippen LogP contribution in [0.4, 0.5) is 0 Å². The second-order valence-electron chi connectivity index (χ2n) is 5.60. The number of hydrogen-bond acceptors (Lipinski definition) is 6. The van der Waals surface area contributed by atoms with Crippen molar-refractivity contribution in [1.82, 2.24) is 5.32 Å². The van der Waals surface area contributed by atoms with Crippen molar-refractivity contribution in [2.45, 2.75) is 5.60 Å². The van der Waals surface area contributed by atoms with E-state index < -0.39 is 5.60 Å². The van der Waals surface area contributed by atoms with Crippen LogP contribution in [0.5, 0.6) is 11.5 Å². The van der Waals surface area contributed by atoms with Gasteiger partial charge >= 0.3 is 0 Å². The van der Waals surface area contributed by atoms with Crippen LogP contribution < -0.4 is 14.8 Å². The van der Waals surface area contributed by atoms with Gasteiger partial charge in [0.15, 0.2) is 5.60 Å². The molecule has 1 atom stereocenters. The van der Waals surface area contributed by atoms with E-state index in [0.29, 0.717) is 27.7 Å². The van der Waals surface area contributed by atoms with E-state index in [4.69, 9.17) is 13.9 Å². The maximum absolute atomic E-state index is 12.6. The van der Waals surface area contributed by atoms with Gasteiger partial charge in [-0.1, -0.05) is 6.07 Å². The van der Waals surface area contributed by atoms with Gasteiger partial charge in [-0.25, -0.2) is 0 Å². The predicted octanol–water partition coefficient (Wildman–Crippen LogP) is 3.02. The van der Waals surface area contributed by atoms with E-state index in [9.17, 15) is 9.90 Å². The SMILES string of the molecule is COc1cc(OC)cc(C(=O)NCC(O)(c2ccco2)c2cccs2)c1. The lowest BCUT2D eigenvalue weighted by molar-refractivity contribution is 0.0554. The molecule has 1 amide bonds. The molecule has 0 saturated carbocycles. The van der Waals surface area contributed by atoms with Gasteiger partial charge in [0.1, 0.15) is 17.3 Å². The fraction of sp³-hybridized carbons (Fsp3) is 0.211. The Kier molecular flexibility index (Phi) is 5.29. The maximum Gasteiger partial charge on any atom is 0.251 e. The van der Waals surface area contributed by atoms with Gasteiger partial charge in [0.2, 0.25) is 0 Å². The summed E-state index contributed by atoms with van der Waals surface area (Å²) in [5.74, 6) is 1.02. The summed E-state index contributed by atoms with van der Waals surface area (Å²) in [7, 11) is 3.03. The summed E-state index contributed by atoms with van der Waals surface area (Å²) in [5.41, 5.74) is -1.08. The predicted molar refractivity (Wildman–Crippen MR) is 97.9 cm³/mol. The van der Waals surface area contributed by atoms with Crippen LogP contribution in [0, 0.1) is 0 Å². The molecule has 0 aliphatic carbocycles. The second kappa shape index (κ2) is 7.63. The van der Waals surface area contributed by atoms with Crippen molar-refractivity contribution in [1.29, 1.82) is 0 Å². The molecule has 0 saturated heterocycles. The van der Waals surface area contributed by atoms with Crippen LogP contribution in [0.3, 0.4) is 0 Å². The third kappa shape index (κ3) is 3.58. The van der Waals surface area contributed by atoms with Crippen LogP contribution in [0.25, 0.3) is 0 Å². The van der Waals surface area contributed by atoms with E-state index in [1.54, 1.807) is 36.4 Å². The van der Waals surface area contributed by atoms with Crippen LogP contribution in [0.1, 0.15) is 21.0 Å². The molecule has 7 heteroatoms. The van der Waals surface area contributed by atoms with Gasteiger partial charge in [-0.3, -0.25) is 4.79 Å². The summed E-state index contributed by atoms with van der Waals surface area (Å²) in [4.78, 5) is 13.3. The molecule has 1 unspecified atom stereocenters. The molecule has 0 radical (unpaired) electrons. The first-order chi connectivity index (χ1) is 12.6. The molecular weight excluding hydrogens is 354 g/mol. The first-order valence-corrected chi connectivity index (χ1v) is 8.76. The Hall–Kier alpha value is -2.77. The molecule has 0 fully saturated rings. The number of thiophene rings is 1. The van der Waals surface area contributed by atoms with Gasteiger partial charge in [0.25, 0.3) is 5.91 Å². The zero-order valence-electron chi connectivity index (χ0n) is 14.4. The van der Waals surface area contributed by atoms with Crippen LogP contribution >= 0.6 is 11.3 Å². The van der Waals surface area contributed by atoms with Gasteiger partial charge in [-0.05, 0) is 35.7 Å². The van der Waals surface area contributed by atoms with Crippen molar-refractivity contribution in [2.75, 3.05) is 20.8 Å². The van der Waals surface area contributed by atoms with Crippen molar-refractivity contribution in [3.8, 4) is 11.5 Å². The molecule has 2 heterocycles. The van der Waals surface area contributed by atoms with Crippen molar-refractivity contribution >= 4 is 17.2 Å². The molecule has 0 aliphatic heterocycles. The highest BCUT2D eigenvalue weighted by Gasteiger charge is 2.36. The van der Waals surface area contributed by atoms with Crippen LogP contribution in [-0.2, 0) is 5.60 Å². The van der Waals surface area contributed by atoms with Gasteiger partial charge in [0.05, 0.1) is 27.0 Å². The smallest absolute Gasteiger partial charge is 0.251 e. The number of ether oxygens (including phenoxy) is 2. The van der Waals surface area contributed by atoms with Crippen molar-refractivity contribution in [3.63, 3.8) is 0 Å². The standard InChI is InChI=1S/C19H19NO5S/c1-23-14-9-13(10-15(11-14)24-2)18(21)20-12-19(22,16-5-3-7-25-16)17-6-4-8-26-17/h3-11,22H,12H2,1-2H3,(H,20,21). The van der Waals surface area contributed by atoms with Crippen molar-refractivity contribution in [2.24, 2.45) is 0 Å². The molecule has 136 valence electrons. The Balaban J connectivity index is 1.83. The third-order valence-corrected chi connectivity index (χ3v) is 5.00. The number of carbonyl (C=O) groups excluding carboxylic acids is 1. The largest absolute Gasteiger partial charge is 0.497 e. The van der Waals surface area contributed by atoms with Gasteiger partial charge in [-0.2, -0.15) is 0 Å². The van der Waals surface area contributed by atoms with E-state index in [1.165, 1.54) is 31.8 Å². The minimum absolute atomic E-state index is 0.0423. The molecule has 0 aliphatic rings. The fourth-order valence-electron chi connectivity index (χ4n) is 2.57. The number of furan rings is 1. The Morgan fingerprint density at radius 3 is 2.46 bits per heavy atom. The average molecular weight is 373 g/mol. The van der Waals surface area contributed by atoms with E-state index in [0.717, 1.165) is 0 Å². The quantitative estimate of drug-likeness (QED) is 0.665. The maximum atomic E-state index is 12.6. The van der Waals surface area contributed by atoms with Crippen LogP contribution in [0.2, 0.25) is 0 Å². The number of amides is 1. The van der Waals surface area contributed by atoms with Gasteiger partial charge in [0, 0.05) is 16.5 Å². The fourth-order valence-corrected chi connectivity index (χ4v) is 3.40. The highest BCUT2D eigenvalue weighted by atomic mass is 32.1. The monoisotopic (exact) mass is 373 g/mol. The van der Waals surface area contributed by atoms with Gasteiger partial charge < -0.3 is 24.3 Å². The van der Waals surface area contributed by atoms with E-state index in [-0.39, 0.29) is 12.5 Å². The molecular formula is C19H19NO5S. The Bertz CT molecular complexity index is 802. The van der Waals surface area contributed by atoms with Crippen molar-refractivity contribution in [3.05, 3.63) is 70.3 Å². The zero-order valence-corrected chi connectivity index (χ0v) is 15.2. The molecule has 0 bridgehead atoms. The minimum atomic E-state index is -1.45. The summed E-state index contributed by atoms with van der Waals surface area (Å²) in [6, 6.07) is 11.9. The molecule has 26 heavy (non-hydrogen) atoms. The topological polar surface area (TPSA) is 80.9 Å². The lowest BCUT2D eigenvalue weighted by Gasteiger charge is -2.25. The average Bonchev–Trinajstić information content (AvgIpc) is 3.39. The highest BCUT2D eigenvalue weighted by molar-refractivity contribution is 7.10. The highest BCUT2D eigenvalue weighted by Crippen LogP contribution is 2.32. The summed E-state index contributed by atoms with van der Waals surface area (Å²) in [6.07, 6.45) is 1.49. The first-order valence-electron chi connectivity index (χ1n) is 7.88.